The molecule has 222 valence electrons. The highest BCUT2D eigenvalue weighted by atomic mass is 16.5. The molecule has 0 saturated heterocycles. The molecule has 5 aromatic rings. The van der Waals surface area contributed by atoms with Crippen LogP contribution >= 0.6 is 0 Å². The van der Waals surface area contributed by atoms with Gasteiger partial charge in [0.1, 0.15) is 18.2 Å². The topological polar surface area (TPSA) is 112 Å². The number of ether oxygens (including phenoxy) is 1. The van der Waals surface area contributed by atoms with Crippen LogP contribution in [-0.4, -0.2) is 52.6 Å². The van der Waals surface area contributed by atoms with E-state index in [9.17, 15) is 14.4 Å². The Kier molecular flexibility index (Phi) is 7.80. The van der Waals surface area contributed by atoms with Crippen LogP contribution in [0.1, 0.15) is 19.5 Å². The highest BCUT2D eigenvalue weighted by molar-refractivity contribution is 6.21. The van der Waals surface area contributed by atoms with Crippen LogP contribution < -0.4 is 19.4 Å². The SMILES string of the molecule is COc1ccc(N(C(=O)CN2C(=O)C(Cc3[nH]nc4ccccc34)C(=O)N(c3ccncc3)c3ccccc32)C(C)C)cc1. The third kappa shape index (κ3) is 5.26. The van der Waals surface area contributed by atoms with Crippen LogP contribution in [0.25, 0.3) is 10.9 Å². The van der Waals surface area contributed by atoms with Crippen LogP contribution in [0.2, 0.25) is 0 Å². The van der Waals surface area contributed by atoms with E-state index in [0.717, 1.165) is 10.9 Å². The van der Waals surface area contributed by atoms with Crippen molar-refractivity contribution in [1.29, 1.82) is 0 Å². The van der Waals surface area contributed by atoms with Crippen molar-refractivity contribution in [3.8, 4) is 5.75 Å². The first-order valence-electron chi connectivity index (χ1n) is 14.4. The average Bonchev–Trinajstić information content (AvgIpc) is 3.43. The highest BCUT2D eigenvalue weighted by Crippen LogP contribution is 2.40. The summed E-state index contributed by atoms with van der Waals surface area (Å²) in [5.74, 6) is -1.63. The molecule has 0 radical (unpaired) electrons. The Balaban J connectivity index is 1.44. The Morgan fingerprint density at radius 2 is 1.59 bits per heavy atom. The van der Waals surface area contributed by atoms with Gasteiger partial charge in [-0.05, 0) is 68.4 Å². The van der Waals surface area contributed by atoms with Crippen LogP contribution in [0, 0.1) is 5.92 Å². The van der Waals surface area contributed by atoms with Crippen molar-refractivity contribution >= 4 is 51.4 Å². The number of anilines is 4. The number of fused-ring (bicyclic) bond motifs is 2. The van der Waals surface area contributed by atoms with Gasteiger partial charge in [0.2, 0.25) is 17.7 Å². The molecule has 1 aliphatic rings. The molecule has 44 heavy (non-hydrogen) atoms. The second-order valence-electron chi connectivity index (χ2n) is 10.8. The van der Waals surface area contributed by atoms with Gasteiger partial charge >= 0.3 is 0 Å². The van der Waals surface area contributed by atoms with Gasteiger partial charge in [0.15, 0.2) is 0 Å². The van der Waals surface area contributed by atoms with Gasteiger partial charge in [0.25, 0.3) is 0 Å². The van der Waals surface area contributed by atoms with E-state index in [1.54, 1.807) is 71.8 Å². The first-order valence-corrected chi connectivity index (χ1v) is 14.4. The largest absolute Gasteiger partial charge is 0.497 e. The molecule has 2 aromatic heterocycles. The molecule has 6 rings (SSSR count). The number of benzene rings is 3. The summed E-state index contributed by atoms with van der Waals surface area (Å²) < 4.78 is 5.29. The van der Waals surface area contributed by atoms with Crippen molar-refractivity contribution in [1.82, 2.24) is 15.2 Å². The molecule has 0 fully saturated rings. The average molecular weight is 589 g/mol. The molecule has 3 aromatic carbocycles. The number of methoxy groups -OCH3 is 1. The van der Waals surface area contributed by atoms with Gasteiger partial charge in [-0.2, -0.15) is 5.10 Å². The van der Waals surface area contributed by atoms with E-state index < -0.39 is 17.7 Å². The van der Waals surface area contributed by atoms with Gasteiger partial charge in [-0.3, -0.25) is 29.4 Å². The number of hydrogen-bond donors (Lipinski definition) is 1. The molecule has 1 atom stereocenters. The second kappa shape index (κ2) is 12.0. The van der Waals surface area contributed by atoms with Crippen LogP contribution in [-0.2, 0) is 20.8 Å². The molecule has 10 heteroatoms. The molecule has 3 amide bonds. The van der Waals surface area contributed by atoms with Gasteiger partial charge in [-0.1, -0.05) is 30.3 Å². The summed E-state index contributed by atoms with van der Waals surface area (Å²) in [5.41, 5.74) is 3.62. The summed E-state index contributed by atoms with van der Waals surface area (Å²) in [5, 5.41) is 8.24. The number of carbonyl (C=O) groups is 3. The molecule has 0 saturated carbocycles. The fourth-order valence-corrected chi connectivity index (χ4v) is 5.72. The maximum atomic E-state index is 14.6. The fraction of sp³-hybridized carbons (Fsp3) is 0.206. The molecule has 1 aliphatic heterocycles. The molecular weight excluding hydrogens is 556 g/mol. The molecule has 3 heterocycles. The lowest BCUT2D eigenvalue weighted by atomic mass is 9.98. The summed E-state index contributed by atoms with van der Waals surface area (Å²) in [6.07, 6.45) is 3.28. The van der Waals surface area contributed by atoms with E-state index in [2.05, 4.69) is 15.2 Å². The lowest BCUT2D eigenvalue weighted by molar-refractivity contribution is -0.132. The van der Waals surface area contributed by atoms with Crippen molar-refractivity contribution in [3.05, 3.63) is 103 Å². The third-order valence-electron chi connectivity index (χ3n) is 7.79. The number of para-hydroxylation sites is 3. The van der Waals surface area contributed by atoms with Gasteiger partial charge in [0.05, 0.1) is 29.7 Å². The van der Waals surface area contributed by atoms with Gasteiger partial charge in [-0.25, -0.2) is 0 Å². The number of hydrogen-bond acceptors (Lipinski definition) is 6. The van der Waals surface area contributed by atoms with E-state index in [1.165, 1.54) is 4.90 Å². The quantitative estimate of drug-likeness (QED) is 0.247. The number of carbonyl (C=O) groups excluding carboxylic acids is 3. The maximum absolute atomic E-state index is 14.6. The minimum atomic E-state index is -1.14. The van der Waals surface area contributed by atoms with E-state index in [4.69, 9.17) is 4.74 Å². The predicted octanol–water partition coefficient (Wildman–Crippen LogP) is 5.28. The van der Waals surface area contributed by atoms with Gasteiger partial charge in [-0.15, -0.1) is 0 Å². The van der Waals surface area contributed by atoms with Crippen molar-refractivity contribution in [2.45, 2.75) is 26.3 Å². The van der Waals surface area contributed by atoms with Crippen molar-refractivity contribution in [2.75, 3.05) is 28.4 Å². The standard InChI is InChI=1S/C34H32N6O4/c1-22(2)39(23-12-14-25(44-3)15-13-23)32(41)21-38-30-10-6-7-11-31(30)40(24-16-18-35-19-17-24)34(43)27(33(38)42)20-29-26-8-4-5-9-28(26)36-37-29/h4-19,22,27H,20-21H2,1-3H3,(H,36,37). The van der Waals surface area contributed by atoms with Gasteiger partial charge < -0.3 is 14.5 Å². The Hall–Kier alpha value is -5.51. The first kappa shape index (κ1) is 28.6. The summed E-state index contributed by atoms with van der Waals surface area (Å²) >= 11 is 0. The summed E-state index contributed by atoms with van der Waals surface area (Å²) in [7, 11) is 1.59. The molecule has 10 nitrogen and oxygen atoms in total. The second-order valence-corrected chi connectivity index (χ2v) is 10.8. The number of rotatable bonds is 8. The third-order valence-corrected chi connectivity index (χ3v) is 7.79. The lowest BCUT2D eigenvalue weighted by Gasteiger charge is -2.31. The number of H-pyrrole nitrogens is 1. The van der Waals surface area contributed by atoms with E-state index in [-0.39, 0.29) is 24.9 Å². The zero-order valence-corrected chi connectivity index (χ0v) is 24.7. The molecule has 0 aliphatic carbocycles. The number of aromatic nitrogens is 3. The summed E-state index contributed by atoms with van der Waals surface area (Å²) in [6, 6.07) is 25.2. The summed E-state index contributed by atoms with van der Waals surface area (Å²) in [6.45, 7) is 3.57. The first-order chi connectivity index (χ1) is 21.4. The Labute approximate surface area is 254 Å². The Morgan fingerprint density at radius 3 is 2.30 bits per heavy atom. The number of nitrogens with zero attached hydrogens (tertiary/aromatic N) is 5. The Morgan fingerprint density at radius 1 is 0.909 bits per heavy atom. The van der Waals surface area contributed by atoms with E-state index in [0.29, 0.717) is 34.2 Å². The molecule has 1 unspecified atom stereocenters. The zero-order chi connectivity index (χ0) is 30.8. The number of pyridine rings is 1. The Bertz CT molecular complexity index is 1820. The normalized spacial score (nSPS) is 15.0. The lowest BCUT2D eigenvalue weighted by Crippen LogP contribution is -2.48. The van der Waals surface area contributed by atoms with Crippen LogP contribution in [0.15, 0.2) is 97.3 Å². The van der Waals surface area contributed by atoms with Crippen LogP contribution in [0.3, 0.4) is 0 Å². The molecule has 0 spiro atoms. The van der Waals surface area contributed by atoms with Gasteiger partial charge in [0, 0.05) is 41.6 Å². The fourth-order valence-electron chi connectivity index (χ4n) is 5.72. The monoisotopic (exact) mass is 588 g/mol. The smallest absolute Gasteiger partial charge is 0.247 e. The number of amides is 3. The predicted molar refractivity (Wildman–Crippen MR) is 169 cm³/mol. The molecule has 1 N–H and O–H groups in total. The minimum Gasteiger partial charge on any atom is -0.497 e. The zero-order valence-electron chi connectivity index (χ0n) is 24.7. The van der Waals surface area contributed by atoms with Crippen molar-refractivity contribution < 1.29 is 19.1 Å². The van der Waals surface area contributed by atoms with Crippen molar-refractivity contribution in [3.63, 3.8) is 0 Å². The maximum Gasteiger partial charge on any atom is 0.247 e. The minimum absolute atomic E-state index is 0.0742. The van der Waals surface area contributed by atoms with E-state index >= 15 is 0 Å². The molecule has 0 bridgehead atoms. The van der Waals surface area contributed by atoms with Crippen molar-refractivity contribution in [2.24, 2.45) is 5.92 Å². The number of nitrogens with one attached hydrogen (secondary N) is 1. The molecular formula is C34H32N6O4. The summed E-state index contributed by atoms with van der Waals surface area (Å²) in [4.78, 5) is 51.8. The van der Waals surface area contributed by atoms with E-state index in [1.807, 2.05) is 56.3 Å². The highest BCUT2D eigenvalue weighted by Gasteiger charge is 2.42. The van der Waals surface area contributed by atoms with Crippen LogP contribution in [0.5, 0.6) is 5.75 Å². The van der Waals surface area contributed by atoms with Crippen LogP contribution in [0.4, 0.5) is 22.7 Å². The number of aromatic amines is 1.